The number of rotatable bonds is 3. The Balaban J connectivity index is 0.00000200. The van der Waals surface area contributed by atoms with E-state index in [-0.39, 0.29) is 29.0 Å². The van der Waals surface area contributed by atoms with Gasteiger partial charge in [-0.1, -0.05) is 23.7 Å². The number of hydrogen-bond donors (Lipinski definition) is 2. The molecule has 3 nitrogen and oxygen atoms in total. The third-order valence-corrected chi connectivity index (χ3v) is 3.34. The van der Waals surface area contributed by atoms with E-state index in [4.69, 9.17) is 11.6 Å². The lowest BCUT2D eigenvalue weighted by Gasteiger charge is -2.26. The van der Waals surface area contributed by atoms with E-state index in [2.05, 4.69) is 10.6 Å². The Morgan fingerprint density at radius 3 is 2.80 bits per heavy atom. The third-order valence-electron chi connectivity index (χ3n) is 3.10. The van der Waals surface area contributed by atoms with Crippen molar-refractivity contribution < 1.29 is 13.6 Å². The fourth-order valence-electron chi connectivity index (χ4n) is 2.07. The van der Waals surface area contributed by atoms with E-state index in [1.165, 1.54) is 18.2 Å². The van der Waals surface area contributed by atoms with Gasteiger partial charge in [0, 0.05) is 23.2 Å². The molecule has 0 unspecified atom stereocenters. The summed E-state index contributed by atoms with van der Waals surface area (Å²) >= 11 is 5.67. The zero-order chi connectivity index (χ0) is 13.9. The summed E-state index contributed by atoms with van der Waals surface area (Å²) in [5.41, 5.74) is -0.388. The molecule has 1 aliphatic heterocycles. The number of halogens is 4. The number of benzene rings is 1. The molecule has 2 N–H and O–H groups in total. The number of carbonyl (C=O) groups excluding carboxylic acids is 1. The molecule has 1 heterocycles. The second-order valence-electron chi connectivity index (χ2n) is 4.60. The molecule has 112 valence electrons. The average Bonchev–Trinajstić information content (AvgIpc) is 2.40. The number of alkyl halides is 2. The largest absolute Gasteiger partial charge is 0.349 e. The molecule has 0 saturated carbocycles. The van der Waals surface area contributed by atoms with Crippen molar-refractivity contribution in [1.82, 2.24) is 10.6 Å². The minimum Gasteiger partial charge on any atom is -0.347 e. The van der Waals surface area contributed by atoms with Crippen LogP contribution in [0.15, 0.2) is 24.3 Å². The van der Waals surface area contributed by atoms with E-state index >= 15 is 0 Å². The Kier molecular flexibility index (Phi) is 6.17. The van der Waals surface area contributed by atoms with Crippen molar-refractivity contribution in [2.24, 2.45) is 0 Å². The molecule has 1 atom stereocenters. The molecule has 1 aromatic carbocycles. The van der Waals surface area contributed by atoms with Gasteiger partial charge in [0.2, 0.25) is 0 Å². The average molecular weight is 325 g/mol. The molecule has 1 aliphatic rings. The highest BCUT2D eigenvalue weighted by atomic mass is 35.5. The van der Waals surface area contributed by atoms with Gasteiger partial charge in [0.1, 0.15) is 0 Å². The lowest BCUT2D eigenvalue weighted by molar-refractivity contribution is -0.147. The van der Waals surface area contributed by atoms with Gasteiger partial charge < -0.3 is 10.6 Å². The zero-order valence-electron chi connectivity index (χ0n) is 10.7. The minimum absolute atomic E-state index is 0. The first kappa shape index (κ1) is 17.1. The van der Waals surface area contributed by atoms with Crippen LogP contribution in [-0.2, 0) is 10.7 Å². The van der Waals surface area contributed by atoms with Gasteiger partial charge in [-0.15, -0.1) is 12.4 Å². The molecule has 1 amide bonds. The van der Waals surface area contributed by atoms with Crippen LogP contribution in [0.2, 0.25) is 5.02 Å². The summed E-state index contributed by atoms with van der Waals surface area (Å²) in [7, 11) is 0. The second-order valence-corrected chi connectivity index (χ2v) is 5.04. The smallest absolute Gasteiger partial charge is 0.347 e. The molecule has 0 aliphatic carbocycles. The van der Waals surface area contributed by atoms with Crippen molar-refractivity contribution >= 4 is 29.9 Å². The predicted octanol–water partition coefficient (Wildman–Crippen LogP) is 2.72. The normalized spacial score (nSPS) is 19.1. The summed E-state index contributed by atoms with van der Waals surface area (Å²) in [6.07, 6.45) is 1.58. The number of nitrogens with one attached hydrogen (secondary N) is 2. The Bertz CT molecular complexity index is 465. The van der Waals surface area contributed by atoms with Gasteiger partial charge in [0.15, 0.2) is 0 Å². The first-order valence-corrected chi connectivity index (χ1v) is 6.53. The van der Waals surface area contributed by atoms with Crippen LogP contribution < -0.4 is 10.6 Å². The summed E-state index contributed by atoms with van der Waals surface area (Å²) in [6.45, 7) is 1.38. The number of carbonyl (C=O) groups is 1. The maximum Gasteiger partial charge on any atom is 0.349 e. The standard InChI is InChI=1S/C13H15ClF2N2O.ClH/c14-10-4-1-3-9(7-10)13(15,16)12(19)18-11-5-2-6-17-8-11;/h1,3-4,7,11,17H,2,5-6,8H2,(H,18,19);1H/t11-;/m0./s1. The Labute approximate surface area is 127 Å². The molecule has 1 aromatic rings. The first-order chi connectivity index (χ1) is 9.00. The number of hydrogen-bond acceptors (Lipinski definition) is 2. The highest BCUT2D eigenvalue weighted by Gasteiger charge is 2.41. The second kappa shape index (κ2) is 7.20. The van der Waals surface area contributed by atoms with Crippen molar-refractivity contribution in [3.63, 3.8) is 0 Å². The van der Waals surface area contributed by atoms with Crippen LogP contribution in [0.1, 0.15) is 18.4 Å². The van der Waals surface area contributed by atoms with Gasteiger partial charge >= 0.3 is 5.92 Å². The van der Waals surface area contributed by atoms with Crippen LogP contribution in [0.4, 0.5) is 8.78 Å². The van der Waals surface area contributed by atoms with Gasteiger partial charge in [-0.25, -0.2) is 0 Å². The Morgan fingerprint density at radius 2 is 2.20 bits per heavy atom. The van der Waals surface area contributed by atoms with Crippen LogP contribution in [0.3, 0.4) is 0 Å². The van der Waals surface area contributed by atoms with E-state index in [9.17, 15) is 13.6 Å². The summed E-state index contributed by atoms with van der Waals surface area (Å²) in [4.78, 5) is 11.7. The molecule has 0 spiro atoms. The van der Waals surface area contributed by atoms with Crippen molar-refractivity contribution in [1.29, 1.82) is 0 Å². The van der Waals surface area contributed by atoms with E-state index in [0.717, 1.165) is 19.0 Å². The van der Waals surface area contributed by atoms with Gasteiger partial charge in [-0.05, 0) is 31.5 Å². The molecule has 0 radical (unpaired) electrons. The maximum atomic E-state index is 14.0. The summed E-state index contributed by atoms with van der Waals surface area (Å²) < 4.78 is 28.0. The van der Waals surface area contributed by atoms with Crippen molar-refractivity contribution in [2.45, 2.75) is 24.8 Å². The van der Waals surface area contributed by atoms with Crippen LogP contribution in [-0.4, -0.2) is 25.0 Å². The van der Waals surface area contributed by atoms with Gasteiger partial charge in [0.25, 0.3) is 5.91 Å². The van der Waals surface area contributed by atoms with E-state index in [1.807, 2.05) is 0 Å². The Hall–Kier alpha value is -0.910. The van der Waals surface area contributed by atoms with Crippen molar-refractivity contribution in [3.8, 4) is 0 Å². The van der Waals surface area contributed by atoms with Gasteiger partial charge in [-0.2, -0.15) is 8.78 Å². The molecule has 1 fully saturated rings. The van der Waals surface area contributed by atoms with E-state index in [0.29, 0.717) is 13.0 Å². The summed E-state index contributed by atoms with van der Waals surface area (Å²) in [6, 6.07) is 4.96. The number of piperidine rings is 1. The molecular formula is C13H16Cl2F2N2O. The predicted molar refractivity (Wildman–Crippen MR) is 76.6 cm³/mol. The molecule has 0 aromatic heterocycles. The van der Waals surface area contributed by atoms with Crippen LogP contribution >= 0.6 is 24.0 Å². The van der Waals surface area contributed by atoms with Gasteiger partial charge in [-0.3, -0.25) is 4.79 Å². The molecule has 7 heteroatoms. The SMILES string of the molecule is Cl.O=C(N[C@H]1CCCNC1)C(F)(F)c1cccc(Cl)c1. The molecule has 2 rings (SSSR count). The highest BCUT2D eigenvalue weighted by molar-refractivity contribution is 6.30. The first-order valence-electron chi connectivity index (χ1n) is 6.15. The maximum absolute atomic E-state index is 14.0. The molecule has 1 saturated heterocycles. The van der Waals surface area contributed by atoms with Crippen LogP contribution in [0.25, 0.3) is 0 Å². The minimum atomic E-state index is -3.57. The fourth-order valence-corrected chi connectivity index (χ4v) is 2.26. The molecule has 20 heavy (non-hydrogen) atoms. The van der Waals surface area contributed by atoms with Crippen molar-refractivity contribution in [2.75, 3.05) is 13.1 Å². The topological polar surface area (TPSA) is 41.1 Å². The molecular weight excluding hydrogens is 309 g/mol. The third kappa shape index (κ3) is 4.04. The lowest BCUT2D eigenvalue weighted by atomic mass is 10.0. The van der Waals surface area contributed by atoms with Crippen molar-refractivity contribution in [3.05, 3.63) is 34.9 Å². The van der Waals surface area contributed by atoms with Gasteiger partial charge in [0.05, 0.1) is 0 Å². The number of amides is 1. The fraction of sp³-hybridized carbons (Fsp3) is 0.462. The van der Waals surface area contributed by atoms with Crippen LogP contribution in [0, 0.1) is 0 Å². The lowest BCUT2D eigenvalue weighted by Crippen LogP contribution is -2.50. The quantitative estimate of drug-likeness (QED) is 0.897. The van der Waals surface area contributed by atoms with E-state index in [1.54, 1.807) is 0 Å². The highest BCUT2D eigenvalue weighted by Crippen LogP contribution is 2.30. The summed E-state index contributed by atoms with van der Waals surface area (Å²) in [5, 5.41) is 5.63. The van der Waals surface area contributed by atoms with E-state index < -0.39 is 11.8 Å². The molecule has 0 bridgehead atoms. The Morgan fingerprint density at radius 1 is 1.45 bits per heavy atom. The summed E-state index contributed by atoms with van der Waals surface area (Å²) in [5.74, 6) is -4.84. The van der Waals surface area contributed by atoms with Crippen LogP contribution in [0.5, 0.6) is 0 Å². The zero-order valence-corrected chi connectivity index (χ0v) is 12.2. The monoisotopic (exact) mass is 324 g/mol.